The fourth-order valence-electron chi connectivity index (χ4n) is 0.952. The number of rotatable bonds is 1. The average molecular weight is 182 g/mol. The lowest BCUT2D eigenvalue weighted by Gasteiger charge is -1.89. The van der Waals surface area contributed by atoms with Gasteiger partial charge in [-0.1, -0.05) is 11.2 Å². The number of halogens is 1. The summed E-state index contributed by atoms with van der Waals surface area (Å²) in [7, 11) is 0. The molecule has 0 atom stereocenters. The number of H-pyrrole nitrogens is 1. The van der Waals surface area contributed by atoms with Crippen molar-refractivity contribution in [2.45, 2.75) is 0 Å². The van der Waals surface area contributed by atoms with Gasteiger partial charge in [0.05, 0.1) is 24.7 Å². The first-order chi connectivity index (χ1) is 5.47. The van der Waals surface area contributed by atoms with Gasteiger partial charge in [0.25, 0.3) is 0 Å². The summed E-state index contributed by atoms with van der Waals surface area (Å²) in [6, 6.07) is 7.84. The van der Waals surface area contributed by atoms with Crippen LogP contribution in [0.3, 0.4) is 0 Å². The predicted octanol–water partition coefficient (Wildman–Crippen LogP) is -2.31. The Morgan fingerprint density at radius 3 is 2.50 bits per heavy atom. The second kappa shape index (κ2) is 3.88. The maximum atomic E-state index is 3.85. The topological polar surface area (TPSA) is 32.6 Å². The molecule has 4 heteroatoms. The van der Waals surface area contributed by atoms with Crippen molar-refractivity contribution >= 4 is 0 Å². The van der Waals surface area contributed by atoms with E-state index in [1.54, 1.807) is 6.20 Å². The van der Waals surface area contributed by atoms with Crippen LogP contribution in [0.4, 0.5) is 0 Å². The number of aromatic amines is 1. The van der Waals surface area contributed by atoms with Crippen LogP contribution in [-0.4, -0.2) is 10.2 Å². The maximum absolute atomic E-state index is 3.85. The van der Waals surface area contributed by atoms with Crippen LogP contribution < -0.4 is 17.0 Å². The van der Waals surface area contributed by atoms with Gasteiger partial charge in [-0.3, -0.25) is 0 Å². The molecule has 0 unspecified atom stereocenters. The highest BCUT2D eigenvalue weighted by Crippen LogP contribution is 1.88. The highest BCUT2D eigenvalue weighted by molar-refractivity contribution is 5.05. The molecule has 2 rings (SSSR count). The fraction of sp³-hybridized carbons (Fsp3) is 0. The smallest absolute Gasteiger partial charge is 0.305 e. The van der Waals surface area contributed by atoms with Crippen molar-refractivity contribution in [3.8, 4) is 5.82 Å². The van der Waals surface area contributed by atoms with Gasteiger partial charge in [-0.25, -0.2) is 4.57 Å². The Bertz CT molecular complexity index is 317. The van der Waals surface area contributed by atoms with Gasteiger partial charge >= 0.3 is 5.82 Å². The van der Waals surface area contributed by atoms with Gasteiger partial charge in [-0.2, -0.15) is 0 Å². The van der Waals surface area contributed by atoms with Crippen molar-refractivity contribution in [3.05, 3.63) is 42.9 Å². The van der Waals surface area contributed by atoms with E-state index in [0.717, 1.165) is 5.82 Å². The quantitative estimate of drug-likeness (QED) is 0.493. The fourth-order valence-corrected chi connectivity index (χ4v) is 0.952. The van der Waals surface area contributed by atoms with E-state index in [1.807, 2.05) is 41.2 Å². The molecule has 0 aliphatic rings. The molecule has 0 aromatic carbocycles. The van der Waals surface area contributed by atoms with Crippen LogP contribution in [0.1, 0.15) is 0 Å². The molecule has 0 spiro atoms. The third-order valence-corrected chi connectivity index (χ3v) is 1.48. The van der Waals surface area contributed by atoms with Gasteiger partial charge in [0.2, 0.25) is 0 Å². The lowest BCUT2D eigenvalue weighted by atomic mass is 10.5. The Morgan fingerprint density at radius 2 is 1.92 bits per heavy atom. The molecule has 0 saturated heterocycles. The molecule has 0 fully saturated rings. The molecule has 1 N–H and O–H groups in total. The number of nitrogens with zero attached hydrogens (tertiary/aromatic N) is 2. The van der Waals surface area contributed by atoms with Gasteiger partial charge in [0.15, 0.2) is 0 Å². The van der Waals surface area contributed by atoms with E-state index in [2.05, 4.69) is 10.2 Å². The zero-order chi connectivity index (χ0) is 7.52. The van der Waals surface area contributed by atoms with Crippen LogP contribution in [0, 0.1) is 0 Å². The van der Waals surface area contributed by atoms with Crippen molar-refractivity contribution in [3.63, 3.8) is 0 Å². The Hall–Kier alpha value is -1.35. The second-order valence-electron chi connectivity index (χ2n) is 2.22. The largest absolute Gasteiger partial charge is 1.00 e. The third kappa shape index (κ3) is 1.62. The van der Waals surface area contributed by atoms with Crippen molar-refractivity contribution in [1.29, 1.82) is 0 Å². The van der Waals surface area contributed by atoms with Crippen molar-refractivity contribution in [2.24, 2.45) is 0 Å². The zero-order valence-corrected chi connectivity index (χ0v) is 7.07. The molecular weight excluding hydrogens is 174 g/mol. The molecule has 12 heavy (non-hydrogen) atoms. The van der Waals surface area contributed by atoms with Gasteiger partial charge < -0.3 is 12.4 Å². The Morgan fingerprint density at radius 1 is 1.17 bits per heavy atom. The van der Waals surface area contributed by atoms with E-state index in [9.17, 15) is 0 Å². The van der Waals surface area contributed by atoms with Gasteiger partial charge in [-0.05, 0) is 12.1 Å². The summed E-state index contributed by atoms with van der Waals surface area (Å²) in [6.45, 7) is 0. The van der Waals surface area contributed by atoms with E-state index < -0.39 is 0 Å². The standard InChI is InChI=1S/C8H8N3.ClH/c1-2-6-11(7-3-1)8-4-5-9-10-8;/h1-7H,(H,9,10);1H/q+1;/p-1. The monoisotopic (exact) mass is 181 g/mol. The van der Waals surface area contributed by atoms with Crippen molar-refractivity contribution in [1.82, 2.24) is 10.2 Å². The molecule has 3 nitrogen and oxygen atoms in total. The summed E-state index contributed by atoms with van der Waals surface area (Å²) >= 11 is 0. The van der Waals surface area contributed by atoms with E-state index >= 15 is 0 Å². The minimum atomic E-state index is 0. The lowest BCUT2D eigenvalue weighted by Crippen LogP contribution is -3.00. The van der Waals surface area contributed by atoms with E-state index in [-0.39, 0.29) is 12.4 Å². The van der Waals surface area contributed by atoms with Crippen LogP contribution in [-0.2, 0) is 0 Å². The molecular formula is C8H8ClN3. The number of pyridine rings is 1. The second-order valence-corrected chi connectivity index (χ2v) is 2.22. The van der Waals surface area contributed by atoms with Crippen LogP contribution in [0.5, 0.6) is 0 Å². The highest BCUT2D eigenvalue weighted by atomic mass is 35.5. The Kier molecular flexibility index (Phi) is 2.82. The third-order valence-electron chi connectivity index (χ3n) is 1.48. The van der Waals surface area contributed by atoms with Gasteiger partial charge in [-0.15, -0.1) is 5.10 Å². The average Bonchev–Trinajstić information content (AvgIpc) is 2.58. The first-order valence-electron chi connectivity index (χ1n) is 3.43. The molecule has 2 aromatic heterocycles. The number of aromatic nitrogens is 3. The van der Waals surface area contributed by atoms with Crippen LogP contribution in [0.15, 0.2) is 42.9 Å². The van der Waals surface area contributed by atoms with Crippen molar-refractivity contribution < 1.29 is 17.0 Å². The number of nitrogens with one attached hydrogen (secondary N) is 1. The molecule has 2 aromatic rings. The molecule has 62 valence electrons. The molecule has 0 aliphatic heterocycles. The number of hydrogen-bond donors (Lipinski definition) is 1. The Balaban J connectivity index is 0.000000720. The molecule has 2 heterocycles. The summed E-state index contributed by atoms with van der Waals surface area (Å²) in [5.41, 5.74) is 0. The SMILES string of the molecule is [Cl-].c1cc[n+](-c2ccn[nH]2)cc1. The van der Waals surface area contributed by atoms with Gasteiger partial charge in [0, 0.05) is 0 Å². The van der Waals surface area contributed by atoms with E-state index in [1.165, 1.54) is 0 Å². The summed E-state index contributed by atoms with van der Waals surface area (Å²) in [5, 5.41) is 6.72. The number of hydrogen-bond acceptors (Lipinski definition) is 1. The molecule has 0 bridgehead atoms. The normalized spacial score (nSPS) is 9.00. The summed E-state index contributed by atoms with van der Waals surface area (Å²) in [4.78, 5) is 0. The lowest BCUT2D eigenvalue weighted by molar-refractivity contribution is -0.599. The van der Waals surface area contributed by atoms with Crippen LogP contribution >= 0.6 is 0 Å². The maximum Gasteiger partial charge on any atom is 0.305 e. The highest BCUT2D eigenvalue weighted by Gasteiger charge is 2.00. The molecule has 0 radical (unpaired) electrons. The summed E-state index contributed by atoms with van der Waals surface area (Å²) < 4.78 is 1.97. The molecule has 0 saturated carbocycles. The van der Waals surface area contributed by atoms with Crippen molar-refractivity contribution in [2.75, 3.05) is 0 Å². The minimum Gasteiger partial charge on any atom is -1.00 e. The molecule has 0 amide bonds. The zero-order valence-electron chi connectivity index (χ0n) is 6.31. The molecule has 0 aliphatic carbocycles. The summed E-state index contributed by atoms with van der Waals surface area (Å²) in [6.07, 6.45) is 5.66. The summed E-state index contributed by atoms with van der Waals surface area (Å²) in [5.74, 6) is 0.977. The first kappa shape index (κ1) is 8.74. The van der Waals surface area contributed by atoms with E-state index in [4.69, 9.17) is 0 Å². The van der Waals surface area contributed by atoms with E-state index in [0.29, 0.717) is 0 Å². The minimum absolute atomic E-state index is 0. The van der Waals surface area contributed by atoms with Gasteiger partial charge in [0.1, 0.15) is 0 Å². The predicted molar refractivity (Wildman–Crippen MR) is 40.1 cm³/mol. The Labute approximate surface area is 76.5 Å². The van der Waals surface area contributed by atoms with Crippen LogP contribution in [0.25, 0.3) is 5.82 Å². The first-order valence-corrected chi connectivity index (χ1v) is 3.43. The van der Waals surface area contributed by atoms with Crippen LogP contribution in [0.2, 0.25) is 0 Å².